The van der Waals surface area contributed by atoms with E-state index in [-0.39, 0.29) is 10.6 Å². The van der Waals surface area contributed by atoms with Crippen molar-refractivity contribution >= 4 is 33.5 Å². The van der Waals surface area contributed by atoms with E-state index in [9.17, 15) is 26.4 Å². The molecule has 0 aliphatic carbocycles. The molecule has 38 heavy (non-hydrogen) atoms. The fourth-order valence-corrected chi connectivity index (χ4v) is 5.11. The minimum Gasteiger partial charge on any atom is -0.372 e. The summed E-state index contributed by atoms with van der Waals surface area (Å²) in [5.74, 6) is -0.825. The predicted molar refractivity (Wildman–Crippen MR) is 143 cm³/mol. The quantitative estimate of drug-likeness (QED) is 0.280. The maximum Gasteiger partial charge on any atom is 0.416 e. The highest BCUT2D eigenvalue weighted by molar-refractivity contribution is 7.92. The normalized spacial score (nSPS) is 11.9. The van der Waals surface area contributed by atoms with Crippen molar-refractivity contribution in [3.8, 4) is 0 Å². The zero-order valence-electron chi connectivity index (χ0n) is 21.2. The summed E-state index contributed by atoms with van der Waals surface area (Å²) in [4.78, 5) is 14.7. The molecular formula is C27H29F3N4O3S. The number of carbonyl (C=O) groups excluding carboxylic acids is 1. The van der Waals surface area contributed by atoms with Crippen LogP contribution < -0.4 is 14.6 Å². The Balaban J connectivity index is 1.84. The summed E-state index contributed by atoms with van der Waals surface area (Å²) in [6.45, 7) is 6.80. The lowest BCUT2D eigenvalue weighted by Gasteiger charge is -2.24. The molecule has 0 unspecified atom stereocenters. The van der Waals surface area contributed by atoms with Gasteiger partial charge in [-0.2, -0.15) is 18.3 Å². The maximum absolute atomic E-state index is 13.4. The average Bonchev–Trinajstić information content (AvgIpc) is 2.88. The molecule has 0 aromatic heterocycles. The third-order valence-corrected chi connectivity index (χ3v) is 7.57. The third kappa shape index (κ3) is 7.12. The van der Waals surface area contributed by atoms with Crippen molar-refractivity contribution in [3.05, 3.63) is 89.5 Å². The van der Waals surface area contributed by atoms with E-state index in [1.165, 1.54) is 24.4 Å². The highest BCUT2D eigenvalue weighted by atomic mass is 32.2. The second kappa shape index (κ2) is 12.1. The van der Waals surface area contributed by atoms with E-state index < -0.39 is 34.2 Å². The summed E-state index contributed by atoms with van der Waals surface area (Å²) in [7, 11) is -4.37. The molecule has 0 bridgehead atoms. The predicted octanol–water partition coefficient (Wildman–Crippen LogP) is 5.21. The number of hydrogen-bond donors (Lipinski definition) is 1. The summed E-state index contributed by atoms with van der Waals surface area (Å²) in [6.07, 6.45) is -3.30. The van der Waals surface area contributed by atoms with E-state index in [4.69, 9.17) is 0 Å². The molecular weight excluding hydrogens is 517 g/mol. The van der Waals surface area contributed by atoms with Gasteiger partial charge in [-0.25, -0.2) is 13.8 Å². The SMILES string of the molecule is CCN(CC)c1ccc(/C=N\NC(=O)CN(c2cccc(C(F)(F)F)c2)S(=O)(=O)c2ccc(C)cc2)cc1. The van der Waals surface area contributed by atoms with Crippen molar-refractivity contribution in [1.29, 1.82) is 0 Å². The number of halogens is 3. The number of hydrazone groups is 1. The van der Waals surface area contributed by atoms with Crippen LogP contribution in [0.25, 0.3) is 0 Å². The molecule has 1 N–H and O–H groups in total. The van der Waals surface area contributed by atoms with Crippen molar-refractivity contribution in [2.45, 2.75) is 31.8 Å². The van der Waals surface area contributed by atoms with Crippen molar-refractivity contribution in [1.82, 2.24) is 5.43 Å². The fraction of sp³-hybridized carbons (Fsp3) is 0.259. The lowest BCUT2D eigenvalue weighted by molar-refractivity contribution is -0.137. The van der Waals surface area contributed by atoms with Gasteiger partial charge in [-0.15, -0.1) is 0 Å². The first kappa shape index (κ1) is 28.7. The average molecular weight is 547 g/mol. The lowest BCUT2D eigenvalue weighted by atomic mass is 10.2. The van der Waals surface area contributed by atoms with E-state index in [1.807, 2.05) is 24.3 Å². The molecule has 11 heteroatoms. The van der Waals surface area contributed by atoms with Gasteiger partial charge in [0.2, 0.25) is 0 Å². The minimum absolute atomic E-state index is 0.162. The molecule has 0 radical (unpaired) electrons. The number of carbonyl (C=O) groups is 1. The number of benzene rings is 3. The fourth-order valence-electron chi connectivity index (χ4n) is 3.69. The Bertz CT molecular complexity index is 1370. The highest BCUT2D eigenvalue weighted by Gasteiger charge is 2.33. The molecule has 3 rings (SSSR count). The summed E-state index contributed by atoms with van der Waals surface area (Å²) >= 11 is 0. The molecule has 0 saturated carbocycles. The van der Waals surface area contributed by atoms with Crippen LogP contribution in [0.15, 0.2) is 82.8 Å². The van der Waals surface area contributed by atoms with Crippen LogP contribution in [0.2, 0.25) is 0 Å². The maximum atomic E-state index is 13.4. The van der Waals surface area contributed by atoms with Gasteiger partial charge in [-0.3, -0.25) is 9.10 Å². The highest BCUT2D eigenvalue weighted by Crippen LogP contribution is 2.33. The van der Waals surface area contributed by atoms with Crippen LogP contribution in [-0.4, -0.2) is 40.2 Å². The molecule has 3 aromatic rings. The second-order valence-corrected chi connectivity index (χ2v) is 10.3. The molecule has 3 aromatic carbocycles. The number of rotatable bonds is 10. The molecule has 7 nitrogen and oxygen atoms in total. The smallest absolute Gasteiger partial charge is 0.372 e. The molecule has 0 saturated heterocycles. The van der Waals surface area contributed by atoms with Crippen LogP contribution in [0, 0.1) is 6.92 Å². The zero-order valence-corrected chi connectivity index (χ0v) is 22.1. The van der Waals surface area contributed by atoms with Crippen molar-refractivity contribution in [2.24, 2.45) is 5.10 Å². The number of anilines is 2. The van der Waals surface area contributed by atoms with Crippen LogP contribution in [0.4, 0.5) is 24.5 Å². The van der Waals surface area contributed by atoms with Crippen molar-refractivity contribution < 1.29 is 26.4 Å². The Hall–Kier alpha value is -3.86. The molecule has 202 valence electrons. The van der Waals surface area contributed by atoms with Crippen LogP contribution >= 0.6 is 0 Å². The van der Waals surface area contributed by atoms with Gasteiger partial charge < -0.3 is 4.90 Å². The summed E-state index contributed by atoms with van der Waals surface area (Å²) in [6, 6.07) is 17.1. The Morgan fingerprint density at radius 3 is 2.16 bits per heavy atom. The van der Waals surface area contributed by atoms with Crippen LogP contribution in [0.3, 0.4) is 0 Å². The van der Waals surface area contributed by atoms with Gasteiger partial charge in [-0.05, 0) is 68.8 Å². The van der Waals surface area contributed by atoms with Crippen molar-refractivity contribution in [3.63, 3.8) is 0 Å². The van der Waals surface area contributed by atoms with Gasteiger partial charge >= 0.3 is 6.18 Å². The first-order valence-corrected chi connectivity index (χ1v) is 13.3. The van der Waals surface area contributed by atoms with E-state index >= 15 is 0 Å². The van der Waals surface area contributed by atoms with Crippen LogP contribution in [-0.2, 0) is 21.0 Å². The first-order valence-electron chi connectivity index (χ1n) is 11.9. The van der Waals surface area contributed by atoms with E-state index in [0.717, 1.165) is 36.5 Å². The zero-order chi connectivity index (χ0) is 27.9. The van der Waals surface area contributed by atoms with E-state index in [2.05, 4.69) is 29.3 Å². The van der Waals surface area contributed by atoms with E-state index in [1.54, 1.807) is 19.1 Å². The molecule has 0 heterocycles. The number of hydrogen-bond acceptors (Lipinski definition) is 5. The largest absolute Gasteiger partial charge is 0.416 e. The molecule has 0 fully saturated rings. The molecule has 0 spiro atoms. The number of nitrogens with one attached hydrogen (secondary N) is 1. The number of sulfonamides is 1. The van der Waals surface area contributed by atoms with Gasteiger partial charge in [0.15, 0.2) is 0 Å². The molecule has 0 atom stereocenters. The Labute approximate surface area is 220 Å². The Morgan fingerprint density at radius 1 is 0.947 bits per heavy atom. The first-order chi connectivity index (χ1) is 18.0. The monoisotopic (exact) mass is 546 g/mol. The summed E-state index contributed by atoms with van der Waals surface area (Å²) in [5, 5.41) is 3.89. The molecule has 0 aliphatic heterocycles. The van der Waals surface area contributed by atoms with Gasteiger partial charge in [0.1, 0.15) is 6.54 Å². The van der Waals surface area contributed by atoms with Gasteiger partial charge in [0, 0.05) is 18.8 Å². The number of alkyl halides is 3. The third-order valence-electron chi connectivity index (χ3n) is 5.78. The Kier molecular flexibility index (Phi) is 9.16. The van der Waals surface area contributed by atoms with Gasteiger partial charge in [0.05, 0.1) is 22.4 Å². The standard InChI is InChI=1S/C27H29F3N4O3S/c1-4-33(5-2)23-13-11-21(12-14-23)18-31-32-26(35)19-34(24-8-6-7-22(17-24)27(28,29)30)38(36,37)25-15-9-20(3)10-16-25/h6-18H,4-5,19H2,1-3H3,(H,32,35)/b31-18-. The van der Waals surface area contributed by atoms with Crippen LogP contribution in [0.5, 0.6) is 0 Å². The van der Waals surface area contributed by atoms with Gasteiger partial charge in [-0.1, -0.05) is 35.9 Å². The number of aryl methyl sites for hydroxylation is 1. The Morgan fingerprint density at radius 2 is 1.58 bits per heavy atom. The number of nitrogens with zero attached hydrogens (tertiary/aromatic N) is 3. The van der Waals surface area contributed by atoms with Crippen LogP contribution in [0.1, 0.15) is 30.5 Å². The lowest BCUT2D eigenvalue weighted by Crippen LogP contribution is -2.39. The summed E-state index contributed by atoms with van der Waals surface area (Å²) < 4.78 is 67.4. The summed E-state index contributed by atoms with van der Waals surface area (Å²) in [5.41, 5.74) is 3.46. The van der Waals surface area contributed by atoms with Crippen molar-refractivity contribution in [2.75, 3.05) is 28.8 Å². The topological polar surface area (TPSA) is 82.1 Å². The second-order valence-electron chi connectivity index (χ2n) is 8.43. The molecule has 0 aliphatic rings. The minimum atomic E-state index is -4.69. The van der Waals surface area contributed by atoms with E-state index in [0.29, 0.717) is 15.9 Å². The molecule has 1 amide bonds. The number of amides is 1. The van der Waals surface area contributed by atoms with Gasteiger partial charge in [0.25, 0.3) is 15.9 Å².